The fraction of sp³-hybridized carbons (Fsp3) is 0.733. The number of nitrogens with one attached hydrogen (secondary N) is 1. The summed E-state index contributed by atoms with van der Waals surface area (Å²) in [5.41, 5.74) is 1.13. The monoisotopic (exact) mass is 247 g/mol. The summed E-state index contributed by atoms with van der Waals surface area (Å²) in [7, 11) is 0. The largest absolute Gasteiger partial charge is 0.311 e. The summed E-state index contributed by atoms with van der Waals surface area (Å²) in [5.74, 6) is 2.54. The van der Waals surface area contributed by atoms with Crippen LogP contribution < -0.4 is 5.32 Å². The van der Waals surface area contributed by atoms with Crippen molar-refractivity contribution in [1.82, 2.24) is 15.3 Å². The van der Waals surface area contributed by atoms with Gasteiger partial charge in [0.2, 0.25) is 0 Å². The number of aromatic nitrogens is 2. The number of rotatable bonds is 5. The van der Waals surface area contributed by atoms with Gasteiger partial charge in [-0.25, -0.2) is 9.97 Å². The average Bonchev–Trinajstić information content (AvgIpc) is 2.40. The maximum Gasteiger partial charge on any atom is 0.131 e. The predicted molar refractivity (Wildman–Crippen MR) is 74.4 cm³/mol. The van der Waals surface area contributed by atoms with E-state index in [0.717, 1.165) is 30.5 Å². The summed E-state index contributed by atoms with van der Waals surface area (Å²) in [6, 6.07) is 2.03. The van der Waals surface area contributed by atoms with Crippen molar-refractivity contribution < 1.29 is 0 Å². The second-order valence-electron chi connectivity index (χ2n) is 5.54. The fourth-order valence-electron chi connectivity index (χ4n) is 2.62. The van der Waals surface area contributed by atoms with Crippen LogP contribution in [0, 0.1) is 5.92 Å². The standard InChI is InChI=1S/C15H25N3/c1-3-9-16-11-14-8-10-17-15(18-14)13-6-4-12(2)5-7-13/h8,10,12-13,16H,3-7,9,11H2,1-2H3. The van der Waals surface area contributed by atoms with Gasteiger partial charge in [-0.1, -0.05) is 26.7 Å². The van der Waals surface area contributed by atoms with Crippen LogP contribution >= 0.6 is 0 Å². The summed E-state index contributed by atoms with van der Waals surface area (Å²) in [6.45, 7) is 6.45. The lowest BCUT2D eigenvalue weighted by molar-refractivity contribution is 0.339. The minimum Gasteiger partial charge on any atom is -0.311 e. The Hall–Kier alpha value is -0.960. The van der Waals surface area contributed by atoms with E-state index in [1.807, 2.05) is 12.3 Å². The van der Waals surface area contributed by atoms with Gasteiger partial charge in [-0.15, -0.1) is 0 Å². The molecule has 0 aromatic carbocycles. The lowest BCUT2D eigenvalue weighted by Gasteiger charge is -2.25. The quantitative estimate of drug-likeness (QED) is 0.811. The molecule has 1 aliphatic carbocycles. The SMILES string of the molecule is CCCNCc1ccnc(C2CCC(C)CC2)n1. The lowest BCUT2D eigenvalue weighted by atomic mass is 9.82. The van der Waals surface area contributed by atoms with Crippen molar-refractivity contribution in [2.75, 3.05) is 6.54 Å². The Morgan fingerprint density at radius 3 is 2.78 bits per heavy atom. The molecule has 0 amide bonds. The molecular formula is C15H25N3. The van der Waals surface area contributed by atoms with Crippen molar-refractivity contribution in [3.63, 3.8) is 0 Å². The second kappa shape index (κ2) is 6.83. The van der Waals surface area contributed by atoms with Gasteiger partial charge >= 0.3 is 0 Å². The average molecular weight is 247 g/mol. The van der Waals surface area contributed by atoms with Crippen molar-refractivity contribution in [2.24, 2.45) is 5.92 Å². The van der Waals surface area contributed by atoms with Crippen molar-refractivity contribution in [1.29, 1.82) is 0 Å². The van der Waals surface area contributed by atoms with Gasteiger partial charge in [0.1, 0.15) is 5.82 Å². The van der Waals surface area contributed by atoms with Crippen LogP contribution in [0.3, 0.4) is 0 Å². The molecule has 0 saturated heterocycles. The van der Waals surface area contributed by atoms with E-state index in [9.17, 15) is 0 Å². The molecule has 1 aromatic rings. The molecule has 0 aliphatic heterocycles. The Morgan fingerprint density at radius 2 is 2.06 bits per heavy atom. The molecule has 0 bridgehead atoms. The van der Waals surface area contributed by atoms with Crippen molar-refractivity contribution in [2.45, 2.75) is 58.4 Å². The maximum absolute atomic E-state index is 4.72. The first-order valence-corrected chi connectivity index (χ1v) is 7.32. The summed E-state index contributed by atoms with van der Waals surface area (Å²) in [6.07, 6.45) is 8.25. The first-order chi connectivity index (χ1) is 8.79. The molecule has 1 heterocycles. The Labute approximate surface area is 110 Å². The third-order valence-corrected chi connectivity index (χ3v) is 3.85. The second-order valence-corrected chi connectivity index (χ2v) is 5.54. The lowest BCUT2D eigenvalue weighted by Crippen LogP contribution is -2.17. The first-order valence-electron chi connectivity index (χ1n) is 7.32. The summed E-state index contributed by atoms with van der Waals surface area (Å²) in [5, 5.41) is 3.40. The van der Waals surface area contributed by atoms with Crippen molar-refractivity contribution in [3.8, 4) is 0 Å². The molecule has 1 fully saturated rings. The summed E-state index contributed by atoms with van der Waals surface area (Å²) >= 11 is 0. The molecule has 0 spiro atoms. The first kappa shape index (κ1) is 13.5. The van der Waals surface area contributed by atoms with Gasteiger partial charge in [0.15, 0.2) is 0 Å². The number of hydrogen-bond donors (Lipinski definition) is 1. The van der Waals surface area contributed by atoms with E-state index in [-0.39, 0.29) is 0 Å². The zero-order valence-electron chi connectivity index (χ0n) is 11.7. The number of hydrogen-bond acceptors (Lipinski definition) is 3. The van der Waals surface area contributed by atoms with Gasteiger partial charge in [-0.3, -0.25) is 0 Å². The molecule has 18 heavy (non-hydrogen) atoms. The Bertz CT molecular complexity index is 357. The van der Waals surface area contributed by atoms with Gasteiger partial charge in [0.05, 0.1) is 5.69 Å². The zero-order valence-corrected chi connectivity index (χ0v) is 11.7. The molecule has 1 aliphatic rings. The van der Waals surface area contributed by atoms with Gasteiger partial charge in [0.25, 0.3) is 0 Å². The van der Waals surface area contributed by atoms with Crippen LogP contribution in [0.2, 0.25) is 0 Å². The van der Waals surface area contributed by atoms with Crippen LogP contribution in [-0.4, -0.2) is 16.5 Å². The van der Waals surface area contributed by atoms with E-state index in [1.165, 1.54) is 32.1 Å². The fourth-order valence-corrected chi connectivity index (χ4v) is 2.62. The van der Waals surface area contributed by atoms with E-state index in [4.69, 9.17) is 4.98 Å². The van der Waals surface area contributed by atoms with Gasteiger partial charge < -0.3 is 5.32 Å². The van der Waals surface area contributed by atoms with Gasteiger partial charge in [-0.05, 0) is 37.8 Å². The van der Waals surface area contributed by atoms with Crippen LogP contribution in [0.5, 0.6) is 0 Å². The normalized spacial score (nSPS) is 24.1. The molecule has 100 valence electrons. The minimum atomic E-state index is 0.590. The van der Waals surface area contributed by atoms with Crippen molar-refractivity contribution in [3.05, 3.63) is 23.8 Å². The highest BCUT2D eigenvalue weighted by Crippen LogP contribution is 2.33. The van der Waals surface area contributed by atoms with E-state index < -0.39 is 0 Å². The van der Waals surface area contributed by atoms with Crippen LogP contribution in [0.25, 0.3) is 0 Å². The summed E-state index contributed by atoms with van der Waals surface area (Å²) in [4.78, 5) is 9.20. The van der Waals surface area contributed by atoms with E-state index in [0.29, 0.717) is 5.92 Å². The van der Waals surface area contributed by atoms with E-state index in [1.54, 1.807) is 0 Å². The van der Waals surface area contributed by atoms with Crippen molar-refractivity contribution >= 4 is 0 Å². The van der Waals surface area contributed by atoms with E-state index in [2.05, 4.69) is 24.1 Å². The number of nitrogens with zero attached hydrogens (tertiary/aromatic N) is 2. The highest BCUT2D eigenvalue weighted by molar-refractivity contribution is 5.06. The molecule has 1 N–H and O–H groups in total. The van der Waals surface area contributed by atoms with Gasteiger partial charge in [-0.2, -0.15) is 0 Å². The van der Waals surface area contributed by atoms with Crippen LogP contribution in [0.1, 0.15) is 63.4 Å². The highest BCUT2D eigenvalue weighted by atomic mass is 14.9. The minimum absolute atomic E-state index is 0.590. The molecule has 0 unspecified atom stereocenters. The smallest absolute Gasteiger partial charge is 0.131 e. The molecule has 2 rings (SSSR count). The highest BCUT2D eigenvalue weighted by Gasteiger charge is 2.21. The molecule has 0 radical (unpaired) electrons. The molecule has 0 atom stereocenters. The molecular weight excluding hydrogens is 222 g/mol. The van der Waals surface area contributed by atoms with Gasteiger partial charge in [0, 0.05) is 18.7 Å². The van der Waals surface area contributed by atoms with Crippen LogP contribution in [0.15, 0.2) is 12.3 Å². The Kier molecular flexibility index (Phi) is 5.12. The zero-order chi connectivity index (χ0) is 12.8. The summed E-state index contributed by atoms with van der Waals surface area (Å²) < 4.78 is 0. The molecule has 3 nitrogen and oxygen atoms in total. The third kappa shape index (κ3) is 3.77. The van der Waals surface area contributed by atoms with E-state index >= 15 is 0 Å². The molecule has 1 saturated carbocycles. The van der Waals surface area contributed by atoms with Crippen LogP contribution in [0.4, 0.5) is 0 Å². The predicted octanol–water partition coefficient (Wildman–Crippen LogP) is 3.27. The third-order valence-electron chi connectivity index (χ3n) is 3.85. The maximum atomic E-state index is 4.72. The molecule has 1 aromatic heterocycles. The topological polar surface area (TPSA) is 37.8 Å². The van der Waals surface area contributed by atoms with Crippen LogP contribution in [-0.2, 0) is 6.54 Å². The Balaban J connectivity index is 1.94. The molecule has 3 heteroatoms. The Morgan fingerprint density at radius 1 is 1.28 bits per heavy atom.